The van der Waals surface area contributed by atoms with E-state index in [4.69, 9.17) is 0 Å². The summed E-state index contributed by atoms with van der Waals surface area (Å²) < 4.78 is 0. The van der Waals surface area contributed by atoms with Gasteiger partial charge in [-0.2, -0.15) is 0 Å². The van der Waals surface area contributed by atoms with Crippen LogP contribution in [0.15, 0.2) is 12.1 Å². The van der Waals surface area contributed by atoms with Gasteiger partial charge in [0.15, 0.2) is 0 Å². The predicted octanol–water partition coefficient (Wildman–Crippen LogP) is 2.18. The van der Waals surface area contributed by atoms with Gasteiger partial charge < -0.3 is 15.5 Å². The van der Waals surface area contributed by atoms with E-state index in [1.807, 2.05) is 21.0 Å². The molecular weight excluding hydrogens is 258 g/mol. The summed E-state index contributed by atoms with van der Waals surface area (Å²) in [6.07, 6.45) is 1.99. The molecule has 0 aliphatic rings. The summed E-state index contributed by atoms with van der Waals surface area (Å²) in [5, 5.41) is 17.1. The highest BCUT2D eigenvalue weighted by molar-refractivity contribution is 5.60. The van der Waals surface area contributed by atoms with Crippen LogP contribution >= 0.6 is 0 Å². The number of hydrogen-bond donors (Lipinski definition) is 2. The van der Waals surface area contributed by atoms with Crippen LogP contribution in [0.25, 0.3) is 0 Å². The molecule has 0 aromatic carbocycles. The molecule has 20 heavy (non-hydrogen) atoms. The number of hydrogen-bond acceptors (Lipinski definition) is 6. The molecule has 112 valence electrons. The Balaban J connectivity index is 2.60. The van der Waals surface area contributed by atoms with Gasteiger partial charge in [0.05, 0.1) is 4.92 Å². The highest BCUT2D eigenvalue weighted by Crippen LogP contribution is 2.23. The van der Waals surface area contributed by atoms with Gasteiger partial charge in [0, 0.05) is 19.2 Å². The van der Waals surface area contributed by atoms with E-state index in [-0.39, 0.29) is 5.69 Å². The molecule has 0 fully saturated rings. The van der Waals surface area contributed by atoms with Crippen LogP contribution in [0, 0.1) is 10.1 Å². The van der Waals surface area contributed by atoms with Gasteiger partial charge in [0.25, 0.3) is 0 Å². The molecule has 0 aliphatic carbocycles. The maximum absolute atomic E-state index is 11.0. The van der Waals surface area contributed by atoms with Crippen molar-refractivity contribution in [3.8, 4) is 0 Å². The Labute approximate surface area is 119 Å². The Morgan fingerprint density at radius 2 is 2.05 bits per heavy atom. The minimum atomic E-state index is -0.412. The zero-order chi connectivity index (χ0) is 15.0. The first-order chi connectivity index (χ1) is 9.54. The first kappa shape index (κ1) is 16.2. The van der Waals surface area contributed by atoms with Gasteiger partial charge >= 0.3 is 5.69 Å². The number of nitrogens with zero attached hydrogens (tertiary/aromatic N) is 3. The zero-order valence-corrected chi connectivity index (χ0v) is 12.3. The van der Waals surface area contributed by atoms with Gasteiger partial charge in [-0.1, -0.05) is 0 Å². The Morgan fingerprint density at radius 3 is 2.65 bits per heavy atom. The molecule has 1 heterocycles. The number of rotatable bonds is 9. The van der Waals surface area contributed by atoms with E-state index in [0.717, 1.165) is 25.9 Å². The monoisotopic (exact) mass is 281 g/mol. The quantitative estimate of drug-likeness (QED) is 0.410. The minimum absolute atomic E-state index is 0.0132. The van der Waals surface area contributed by atoms with Crippen molar-refractivity contribution in [3.63, 3.8) is 0 Å². The lowest BCUT2D eigenvalue weighted by Gasteiger charge is -2.10. The van der Waals surface area contributed by atoms with Crippen molar-refractivity contribution in [2.45, 2.75) is 19.8 Å². The topological polar surface area (TPSA) is 83.3 Å². The fraction of sp³-hybridized carbons (Fsp3) is 0.615. The summed E-state index contributed by atoms with van der Waals surface area (Å²) in [6, 6.07) is 3.10. The summed E-state index contributed by atoms with van der Waals surface area (Å²) in [5.41, 5.74) is 0.0132. The third-order valence-corrected chi connectivity index (χ3v) is 2.75. The highest BCUT2D eigenvalue weighted by atomic mass is 16.6. The third-order valence-electron chi connectivity index (χ3n) is 2.75. The molecule has 1 rings (SSSR count). The number of aromatic nitrogens is 1. The standard InChI is InChI=1S/C13H23N5O2/c1-4-14-12-8-7-11(18(19)20)13(16-12)15-9-5-6-10-17(2)3/h7-8H,4-6,9-10H2,1-3H3,(H2,14,15,16). The van der Waals surface area contributed by atoms with Crippen molar-refractivity contribution in [2.75, 3.05) is 44.4 Å². The van der Waals surface area contributed by atoms with E-state index < -0.39 is 4.92 Å². The van der Waals surface area contributed by atoms with Crippen molar-refractivity contribution in [1.82, 2.24) is 9.88 Å². The second kappa shape index (κ2) is 8.31. The van der Waals surface area contributed by atoms with Crippen LogP contribution in [0.2, 0.25) is 0 Å². The van der Waals surface area contributed by atoms with Crippen molar-refractivity contribution < 1.29 is 4.92 Å². The predicted molar refractivity (Wildman–Crippen MR) is 81.3 cm³/mol. The molecule has 2 N–H and O–H groups in total. The van der Waals surface area contributed by atoms with Gasteiger partial charge in [-0.15, -0.1) is 0 Å². The number of nitrogens with one attached hydrogen (secondary N) is 2. The van der Waals surface area contributed by atoms with Crippen molar-refractivity contribution in [3.05, 3.63) is 22.2 Å². The summed E-state index contributed by atoms with van der Waals surface area (Å²) in [6.45, 7) is 4.37. The summed E-state index contributed by atoms with van der Waals surface area (Å²) in [4.78, 5) is 16.9. The van der Waals surface area contributed by atoms with E-state index in [1.54, 1.807) is 6.07 Å². The molecule has 0 saturated carbocycles. The van der Waals surface area contributed by atoms with Gasteiger partial charge in [0.1, 0.15) is 5.82 Å². The van der Waals surface area contributed by atoms with Crippen LogP contribution in [-0.4, -0.2) is 48.5 Å². The molecule has 0 bridgehead atoms. The second-order valence-corrected chi connectivity index (χ2v) is 4.79. The molecule has 0 aliphatic heterocycles. The van der Waals surface area contributed by atoms with Gasteiger partial charge in [-0.3, -0.25) is 10.1 Å². The number of pyridine rings is 1. The highest BCUT2D eigenvalue weighted by Gasteiger charge is 2.15. The molecule has 1 aromatic heterocycles. The zero-order valence-electron chi connectivity index (χ0n) is 12.3. The van der Waals surface area contributed by atoms with E-state index in [2.05, 4.69) is 20.5 Å². The van der Waals surface area contributed by atoms with Crippen LogP contribution in [0.5, 0.6) is 0 Å². The average Bonchev–Trinajstić information content (AvgIpc) is 2.38. The van der Waals surface area contributed by atoms with E-state index in [1.165, 1.54) is 6.07 Å². The van der Waals surface area contributed by atoms with Crippen LogP contribution in [0.3, 0.4) is 0 Å². The first-order valence-corrected chi connectivity index (χ1v) is 6.82. The van der Waals surface area contributed by atoms with Crippen LogP contribution < -0.4 is 10.6 Å². The average molecular weight is 281 g/mol. The van der Waals surface area contributed by atoms with Crippen molar-refractivity contribution in [2.24, 2.45) is 0 Å². The lowest BCUT2D eigenvalue weighted by molar-refractivity contribution is -0.384. The van der Waals surface area contributed by atoms with Crippen molar-refractivity contribution >= 4 is 17.3 Å². The Bertz CT molecular complexity index is 437. The van der Waals surface area contributed by atoms with Crippen LogP contribution in [0.4, 0.5) is 17.3 Å². The van der Waals surface area contributed by atoms with E-state index >= 15 is 0 Å². The van der Waals surface area contributed by atoms with Crippen LogP contribution in [0.1, 0.15) is 19.8 Å². The second-order valence-electron chi connectivity index (χ2n) is 4.79. The van der Waals surface area contributed by atoms with E-state index in [0.29, 0.717) is 18.2 Å². The minimum Gasteiger partial charge on any atom is -0.370 e. The number of nitro groups is 1. The maximum Gasteiger partial charge on any atom is 0.311 e. The maximum atomic E-state index is 11.0. The fourth-order valence-corrected chi connectivity index (χ4v) is 1.77. The molecule has 0 spiro atoms. The molecule has 0 unspecified atom stereocenters. The molecular formula is C13H23N5O2. The van der Waals surface area contributed by atoms with Gasteiger partial charge in [0.2, 0.25) is 5.82 Å². The lowest BCUT2D eigenvalue weighted by Crippen LogP contribution is -2.14. The summed E-state index contributed by atoms with van der Waals surface area (Å²) >= 11 is 0. The van der Waals surface area contributed by atoms with Gasteiger partial charge in [-0.25, -0.2) is 4.98 Å². The molecule has 7 nitrogen and oxygen atoms in total. The third kappa shape index (κ3) is 5.40. The summed E-state index contributed by atoms with van der Waals surface area (Å²) in [5.74, 6) is 0.979. The Morgan fingerprint density at radius 1 is 1.30 bits per heavy atom. The lowest BCUT2D eigenvalue weighted by atomic mass is 10.3. The van der Waals surface area contributed by atoms with Crippen molar-refractivity contribution in [1.29, 1.82) is 0 Å². The smallest absolute Gasteiger partial charge is 0.311 e. The molecule has 1 aromatic rings. The van der Waals surface area contributed by atoms with Gasteiger partial charge in [-0.05, 0) is 46.5 Å². The molecule has 0 amide bonds. The largest absolute Gasteiger partial charge is 0.370 e. The Kier molecular flexibility index (Phi) is 6.72. The normalized spacial score (nSPS) is 10.6. The van der Waals surface area contributed by atoms with Crippen LogP contribution in [-0.2, 0) is 0 Å². The molecule has 0 atom stereocenters. The fourth-order valence-electron chi connectivity index (χ4n) is 1.77. The first-order valence-electron chi connectivity index (χ1n) is 6.82. The Hall–Kier alpha value is -1.89. The number of unbranched alkanes of at least 4 members (excludes halogenated alkanes) is 1. The molecule has 7 heteroatoms. The SMILES string of the molecule is CCNc1ccc([N+](=O)[O-])c(NCCCCN(C)C)n1. The number of anilines is 2. The van der Waals surface area contributed by atoms with E-state index in [9.17, 15) is 10.1 Å². The molecule has 0 radical (unpaired) electrons. The summed E-state index contributed by atoms with van der Waals surface area (Å²) in [7, 11) is 4.05. The molecule has 0 saturated heterocycles.